The fourth-order valence-corrected chi connectivity index (χ4v) is 2.25. The fraction of sp³-hybridized carbons (Fsp3) is 0.643. The monoisotopic (exact) mass is 306 g/mol. The van der Waals surface area contributed by atoms with Crippen LogP contribution in [0.5, 0.6) is 0 Å². The van der Waals surface area contributed by atoms with Gasteiger partial charge in [0.25, 0.3) is 0 Å². The van der Waals surface area contributed by atoms with E-state index < -0.39 is 11.7 Å². The summed E-state index contributed by atoms with van der Waals surface area (Å²) in [7, 11) is 0. The summed E-state index contributed by atoms with van der Waals surface area (Å²) >= 11 is 1.47. The van der Waals surface area contributed by atoms with Gasteiger partial charge in [-0.3, -0.25) is 0 Å². The van der Waals surface area contributed by atoms with E-state index in [9.17, 15) is 13.2 Å². The molecule has 1 aromatic rings. The first-order chi connectivity index (χ1) is 9.14. The van der Waals surface area contributed by atoms with Gasteiger partial charge in [-0.05, 0) is 32.4 Å². The molecule has 0 bridgehead atoms. The quantitative estimate of drug-likeness (QED) is 0.791. The number of nitrogens with one attached hydrogen (secondary N) is 1. The minimum Gasteiger partial charge on any atom is -0.311 e. The van der Waals surface area contributed by atoms with E-state index in [1.165, 1.54) is 17.8 Å². The molecule has 1 heterocycles. The van der Waals surface area contributed by atoms with Crippen molar-refractivity contribution < 1.29 is 13.2 Å². The highest BCUT2D eigenvalue weighted by Crippen LogP contribution is 2.30. The first-order valence-corrected chi connectivity index (χ1v) is 7.47. The maximum atomic E-state index is 12.4. The van der Waals surface area contributed by atoms with E-state index in [1.54, 1.807) is 0 Å². The van der Waals surface area contributed by atoms with Crippen molar-refractivity contribution in [3.8, 4) is 0 Å². The van der Waals surface area contributed by atoms with Gasteiger partial charge in [-0.2, -0.15) is 13.2 Å². The topological polar surface area (TPSA) is 24.9 Å². The Morgan fingerprint density at radius 2 is 1.95 bits per heavy atom. The van der Waals surface area contributed by atoms with Crippen molar-refractivity contribution >= 4 is 11.8 Å². The van der Waals surface area contributed by atoms with Crippen LogP contribution < -0.4 is 5.32 Å². The molecule has 6 heteroatoms. The van der Waals surface area contributed by atoms with Crippen molar-refractivity contribution in [1.29, 1.82) is 0 Å². The molecule has 1 atom stereocenters. The molecule has 0 aliphatic carbocycles. The predicted octanol–water partition coefficient (Wildman–Crippen LogP) is 4.36. The van der Waals surface area contributed by atoms with Gasteiger partial charge in [0.15, 0.2) is 0 Å². The van der Waals surface area contributed by atoms with Crippen LogP contribution in [-0.2, 0) is 6.18 Å². The molecule has 0 spiro atoms. The fourth-order valence-electron chi connectivity index (χ4n) is 1.41. The summed E-state index contributed by atoms with van der Waals surface area (Å²) in [5, 5.41) is 4.29. The van der Waals surface area contributed by atoms with Crippen LogP contribution in [0.1, 0.15) is 39.7 Å². The first-order valence-electron chi connectivity index (χ1n) is 6.59. The minimum absolute atomic E-state index is 0.0718. The molecule has 1 unspecified atom stereocenters. The molecule has 0 aliphatic heterocycles. The van der Waals surface area contributed by atoms with Gasteiger partial charge >= 0.3 is 6.18 Å². The summed E-state index contributed by atoms with van der Waals surface area (Å²) < 4.78 is 37.2. The predicted molar refractivity (Wildman–Crippen MR) is 76.9 cm³/mol. The summed E-state index contributed by atoms with van der Waals surface area (Å²) in [5.41, 5.74) is -0.637. The van der Waals surface area contributed by atoms with E-state index in [1.807, 2.05) is 6.92 Å². The lowest BCUT2D eigenvalue weighted by atomic mass is 10.0. The standard InChI is InChI=1S/C14H21F3N2S/c1-5-13(3,4)19-8-10(2)20-12-7-6-11(9-18-12)14(15,16)17/h6-7,9-10,19H,5,8H2,1-4H3. The molecule has 0 saturated heterocycles. The molecule has 0 aromatic carbocycles. The van der Waals surface area contributed by atoms with E-state index in [4.69, 9.17) is 0 Å². The van der Waals surface area contributed by atoms with Gasteiger partial charge < -0.3 is 5.32 Å². The molecule has 1 aromatic heterocycles. The third-order valence-electron chi connectivity index (χ3n) is 3.14. The van der Waals surface area contributed by atoms with Gasteiger partial charge in [0.1, 0.15) is 0 Å². The lowest BCUT2D eigenvalue weighted by molar-refractivity contribution is -0.137. The van der Waals surface area contributed by atoms with Crippen LogP contribution in [0.25, 0.3) is 0 Å². The van der Waals surface area contributed by atoms with E-state index in [0.717, 1.165) is 25.2 Å². The normalized spacial score (nSPS) is 14.3. The summed E-state index contributed by atoms with van der Waals surface area (Å²) in [6.07, 6.45) is -2.42. The Hall–Kier alpha value is -0.750. The summed E-state index contributed by atoms with van der Waals surface area (Å²) in [6.45, 7) is 9.18. The van der Waals surface area contributed by atoms with Crippen LogP contribution in [0, 0.1) is 0 Å². The molecule has 0 aliphatic rings. The molecule has 20 heavy (non-hydrogen) atoms. The van der Waals surface area contributed by atoms with Crippen molar-refractivity contribution in [2.75, 3.05) is 6.54 Å². The Kier molecular flexibility index (Phi) is 5.89. The van der Waals surface area contributed by atoms with Crippen LogP contribution in [0.2, 0.25) is 0 Å². The van der Waals surface area contributed by atoms with Crippen molar-refractivity contribution in [2.45, 2.75) is 56.1 Å². The highest BCUT2D eigenvalue weighted by Gasteiger charge is 2.30. The molecular formula is C14H21F3N2S. The van der Waals surface area contributed by atoms with E-state index in [-0.39, 0.29) is 10.8 Å². The Morgan fingerprint density at radius 3 is 2.40 bits per heavy atom. The molecule has 114 valence electrons. The zero-order valence-corrected chi connectivity index (χ0v) is 13.0. The first kappa shape index (κ1) is 17.3. The summed E-state index contributed by atoms with van der Waals surface area (Å²) in [4.78, 5) is 3.86. The average Bonchev–Trinajstić information content (AvgIpc) is 2.36. The Bertz CT molecular complexity index is 415. The number of hydrogen-bond donors (Lipinski definition) is 1. The molecular weight excluding hydrogens is 285 g/mol. The number of nitrogens with zero attached hydrogens (tertiary/aromatic N) is 1. The zero-order valence-electron chi connectivity index (χ0n) is 12.2. The average molecular weight is 306 g/mol. The maximum absolute atomic E-state index is 12.4. The molecule has 0 radical (unpaired) electrons. The largest absolute Gasteiger partial charge is 0.417 e. The molecule has 1 rings (SSSR count). The number of hydrogen-bond acceptors (Lipinski definition) is 3. The molecule has 1 N–H and O–H groups in total. The summed E-state index contributed by atoms with van der Waals surface area (Å²) in [6, 6.07) is 2.50. The number of thioether (sulfide) groups is 1. The van der Waals surface area contributed by atoms with Gasteiger partial charge in [0.2, 0.25) is 0 Å². The van der Waals surface area contributed by atoms with Crippen LogP contribution in [0.3, 0.4) is 0 Å². The van der Waals surface area contributed by atoms with E-state index in [0.29, 0.717) is 5.03 Å². The Labute approximate surface area is 122 Å². The lowest BCUT2D eigenvalue weighted by Gasteiger charge is -2.26. The third kappa shape index (κ3) is 5.71. The minimum atomic E-state index is -4.32. The molecule has 0 fully saturated rings. The van der Waals surface area contributed by atoms with Crippen LogP contribution in [0.4, 0.5) is 13.2 Å². The van der Waals surface area contributed by atoms with Gasteiger partial charge in [-0.25, -0.2) is 4.98 Å². The number of alkyl halides is 3. The third-order valence-corrected chi connectivity index (χ3v) is 4.19. The second-order valence-corrected chi connectivity index (χ2v) is 6.89. The smallest absolute Gasteiger partial charge is 0.311 e. The Balaban J connectivity index is 2.52. The molecule has 2 nitrogen and oxygen atoms in total. The SMILES string of the molecule is CCC(C)(C)NCC(C)Sc1ccc(C(F)(F)F)cn1. The molecule has 0 amide bonds. The van der Waals surface area contributed by atoms with E-state index in [2.05, 4.69) is 31.1 Å². The van der Waals surface area contributed by atoms with Crippen LogP contribution in [-0.4, -0.2) is 22.3 Å². The van der Waals surface area contributed by atoms with Gasteiger partial charge in [0, 0.05) is 23.5 Å². The van der Waals surface area contributed by atoms with Gasteiger partial charge in [0.05, 0.1) is 10.6 Å². The van der Waals surface area contributed by atoms with Crippen molar-refractivity contribution in [2.24, 2.45) is 0 Å². The maximum Gasteiger partial charge on any atom is 0.417 e. The highest BCUT2D eigenvalue weighted by atomic mass is 32.2. The second kappa shape index (κ2) is 6.80. The zero-order chi connectivity index (χ0) is 15.4. The van der Waals surface area contributed by atoms with Crippen LogP contribution in [0.15, 0.2) is 23.4 Å². The van der Waals surface area contributed by atoms with Crippen molar-refractivity contribution in [3.63, 3.8) is 0 Å². The lowest BCUT2D eigenvalue weighted by Crippen LogP contribution is -2.41. The second-order valence-electron chi connectivity index (χ2n) is 5.43. The number of aromatic nitrogens is 1. The Morgan fingerprint density at radius 1 is 1.30 bits per heavy atom. The molecule has 0 saturated carbocycles. The van der Waals surface area contributed by atoms with Gasteiger partial charge in [-0.15, -0.1) is 11.8 Å². The summed E-state index contributed by atoms with van der Waals surface area (Å²) in [5.74, 6) is 0. The highest BCUT2D eigenvalue weighted by molar-refractivity contribution is 7.99. The van der Waals surface area contributed by atoms with E-state index >= 15 is 0 Å². The van der Waals surface area contributed by atoms with Crippen molar-refractivity contribution in [1.82, 2.24) is 10.3 Å². The van der Waals surface area contributed by atoms with Crippen LogP contribution >= 0.6 is 11.8 Å². The van der Waals surface area contributed by atoms with Crippen molar-refractivity contribution in [3.05, 3.63) is 23.9 Å². The van der Waals surface area contributed by atoms with Gasteiger partial charge in [-0.1, -0.05) is 13.8 Å². The number of rotatable bonds is 6. The number of pyridine rings is 1. The number of halogens is 3.